The second-order valence-corrected chi connectivity index (χ2v) is 5.46. The van der Waals surface area contributed by atoms with Crippen LogP contribution in [0.25, 0.3) is 0 Å². The average molecular weight is 238 g/mol. The number of aryl methyl sites for hydroxylation is 1. The Morgan fingerprint density at radius 2 is 2.25 bits per heavy atom. The van der Waals surface area contributed by atoms with Crippen LogP contribution in [0.5, 0.6) is 0 Å². The molecule has 2 rings (SSSR count). The van der Waals surface area contributed by atoms with Gasteiger partial charge < -0.3 is 11.1 Å². The van der Waals surface area contributed by atoms with Gasteiger partial charge in [0.25, 0.3) is 0 Å². The highest BCUT2D eigenvalue weighted by molar-refractivity contribution is 8.00. The van der Waals surface area contributed by atoms with Gasteiger partial charge in [-0.2, -0.15) is 11.8 Å². The number of rotatable bonds is 5. The fourth-order valence-electron chi connectivity index (χ4n) is 1.61. The zero-order valence-electron chi connectivity index (χ0n) is 9.79. The number of anilines is 2. The van der Waals surface area contributed by atoms with E-state index in [1.165, 1.54) is 12.8 Å². The zero-order valence-corrected chi connectivity index (χ0v) is 10.6. The fraction of sp³-hybridized carbons (Fsp3) is 0.636. The predicted octanol–water partition coefficient (Wildman–Crippen LogP) is 1.93. The predicted molar refractivity (Wildman–Crippen MR) is 69.8 cm³/mol. The highest BCUT2D eigenvalue weighted by atomic mass is 32.2. The van der Waals surface area contributed by atoms with Gasteiger partial charge >= 0.3 is 0 Å². The molecular formula is C11H18N4S. The van der Waals surface area contributed by atoms with E-state index in [2.05, 4.69) is 21.5 Å². The van der Waals surface area contributed by atoms with E-state index >= 15 is 0 Å². The summed E-state index contributed by atoms with van der Waals surface area (Å²) < 4.78 is 0.437. The Hall–Kier alpha value is -0.970. The number of aromatic nitrogens is 2. The maximum absolute atomic E-state index is 5.73. The molecule has 5 heteroatoms. The van der Waals surface area contributed by atoms with Crippen LogP contribution in [0.4, 0.5) is 11.6 Å². The van der Waals surface area contributed by atoms with Crippen LogP contribution in [0.15, 0.2) is 6.07 Å². The third kappa shape index (κ3) is 2.58. The monoisotopic (exact) mass is 238 g/mol. The Bertz CT molecular complexity index is 376. The van der Waals surface area contributed by atoms with Gasteiger partial charge in [-0.25, -0.2) is 9.97 Å². The molecule has 16 heavy (non-hydrogen) atoms. The Balaban J connectivity index is 2.01. The molecule has 0 unspecified atom stereocenters. The first-order valence-electron chi connectivity index (χ1n) is 5.60. The third-order valence-electron chi connectivity index (χ3n) is 2.94. The summed E-state index contributed by atoms with van der Waals surface area (Å²) in [4.78, 5) is 8.56. The smallest absolute Gasteiger partial charge is 0.132 e. The first kappa shape index (κ1) is 11.5. The quantitative estimate of drug-likeness (QED) is 0.820. The van der Waals surface area contributed by atoms with Gasteiger partial charge in [0.15, 0.2) is 0 Å². The van der Waals surface area contributed by atoms with Crippen molar-refractivity contribution in [2.24, 2.45) is 0 Å². The summed E-state index contributed by atoms with van der Waals surface area (Å²) in [5, 5.41) is 3.36. The average Bonchev–Trinajstić information content (AvgIpc) is 3.06. The number of hydrogen-bond acceptors (Lipinski definition) is 5. The normalized spacial score (nSPS) is 17.1. The summed E-state index contributed by atoms with van der Waals surface area (Å²) in [7, 11) is 0. The van der Waals surface area contributed by atoms with Crippen molar-refractivity contribution >= 4 is 23.4 Å². The summed E-state index contributed by atoms with van der Waals surface area (Å²) in [6.45, 7) is 3.00. The Kier molecular flexibility index (Phi) is 3.23. The van der Waals surface area contributed by atoms with E-state index in [0.717, 1.165) is 24.6 Å². The minimum absolute atomic E-state index is 0.437. The van der Waals surface area contributed by atoms with Gasteiger partial charge in [0, 0.05) is 23.8 Å². The van der Waals surface area contributed by atoms with Crippen LogP contribution in [0, 0.1) is 0 Å². The number of thioether (sulfide) groups is 1. The highest BCUT2D eigenvalue weighted by Crippen LogP contribution is 2.46. The number of nitrogens with zero attached hydrogens (tertiary/aromatic N) is 2. The molecule has 0 atom stereocenters. The Morgan fingerprint density at radius 3 is 2.81 bits per heavy atom. The second-order valence-electron chi connectivity index (χ2n) is 4.19. The first-order valence-corrected chi connectivity index (χ1v) is 6.82. The van der Waals surface area contributed by atoms with Crippen molar-refractivity contribution in [1.29, 1.82) is 0 Å². The van der Waals surface area contributed by atoms with Crippen molar-refractivity contribution < 1.29 is 0 Å². The lowest BCUT2D eigenvalue weighted by molar-refractivity contribution is 0.908. The van der Waals surface area contributed by atoms with E-state index in [1.807, 2.05) is 18.7 Å². The van der Waals surface area contributed by atoms with Gasteiger partial charge in [-0.3, -0.25) is 0 Å². The first-order chi connectivity index (χ1) is 7.67. The molecule has 88 valence electrons. The van der Waals surface area contributed by atoms with Crippen LogP contribution in [0.1, 0.15) is 25.6 Å². The molecule has 0 bridgehead atoms. The largest absolute Gasteiger partial charge is 0.384 e. The molecule has 1 aromatic heterocycles. The molecule has 1 aromatic rings. The molecule has 0 aliphatic heterocycles. The van der Waals surface area contributed by atoms with Gasteiger partial charge in [-0.05, 0) is 19.1 Å². The van der Waals surface area contributed by atoms with Crippen molar-refractivity contribution in [3.8, 4) is 0 Å². The van der Waals surface area contributed by atoms with Crippen molar-refractivity contribution in [2.45, 2.75) is 30.9 Å². The molecule has 1 aliphatic carbocycles. The van der Waals surface area contributed by atoms with E-state index < -0.39 is 0 Å². The van der Waals surface area contributed by atoms with Crippen molar-refractivity contribution in [1.82, 2.24) is 9.97 Å². The lowest BCUT2D eigenvalue weighted by Gasteiger charge is -2.14. The van der Waals surface area contributed by atoms with Crippen LogP contribution in [0.3, 0.4) is 0 Å². The fourth-order valence-corrected chi connectivity index (χ4v) is 2.34. The molecular weight excluding hydrogens is 220 g/mol. The summed E-state index contributed by atoms with van der Waals surface area (Å²) in [6.07, 6.45) is 5.57. The molecule has 3 N–H and O–H groups in total. The van der Waals surface area contributed by atoms with Crippen LogP contribution < -0.4 is 11.1 Å². The molecule has 0 saturated heterocycles. The number of nitrogen functional groups attached to an aromatic ring is 1. The minimum atomic E-state index is 0.437. The van der Waals surface area contributed by atoms with E-state index in [1.54, 1.807) is 6.07 Å². The number of nitrogens with two attached hydrogens (primary N) is 1. The van der Waals surface area contributed by atoms with Gasteiger partial charge in [0.1, 0.15) is 17.5 Å². The summed E-state index contributed by atoms with van der Waals surface area (Å²) >= 11 is 1.93. The van der Waals surface area contributed by atoms with Crippen LogP contribution in [-0.4, -0.2) is 27.5 Å². The standard InChI is InChI=1S/C11H18N4S/c1-3-9-14-8(12)6-10(15-9)13-7-11(16-2)4-5-11/h6H,3-5,7H2,1-2H3,(H3,12,13,14,15). The molecule has 0 aromatic carbocycles. The van der Waals surface area contributed by atoms with Crippen molar-refractivity contribution in [3.63, 3.8) is 0 Å². The summed E-state index contributed by atoms with van der Waals surface area (Å²) in [6, 6.07) is 1.80. The minimum Gasteiger partial charge on any atom is -0.384 e. The van der Waals surface area contributed by atoms with E-state index in [4.69, 9.17) is 5.73 Å². The summed E-state index contributed by atoms with van der Waals surface area (Å²) in [5.41, 5.74) is 5.73. The zero-order chi connectivity index (χ0) is 11.6. The molecule has 1 aliphatic rings. The molecule has 0 amide bonds. The van der Waals surface area contributed by atoms with E-state index in [0.29, 0.717) is 10.6 Å². The van der Waals surface area contributed by atoms with Crippen LogP contribution in [-0.2, 0) is 6.42 Å². The molecule has 0 spiro atoms. The van der Waals surface area contributed by atoms with Crippen molar-refractivity contribution in [2.75, 3.05) is 23.9 Å². The lowest BCUT2D eigenvalue weighted by atomic mass is 10.4. The van der Waals surface area contributed by atoms with Crippen LogP contribution >= 0.6 is 11.8 Å². The van der Waals surface area contributed by atoms with Gasteiger partial charge in [0.05, 0.1) is 0 Å². The Morgan fingerprint density at radius 1 is 1.50 bits per heavy atom. The topological polar surface area (TPSA) is 63.8 Å². The van der Waals surface area contributed by atoms with E-state index in [9.17, 15) is 0 Å². The highest BCUT2D eigenvalue weighted by Gasteiger charge is 2.41. The van der Waals surface area contributed by atoms with Gasteiger partial charge in [-0.15, -0.1) is 0 Å². The molecule has 1 heterocycles. The van der Waals surface area contributed by atoms with Crippen molar-refractivity contribution in [3.05, 3.63) is 11.9 Å². The third-order valence-corrected chi connectivity index (χ3v) is 4.36. The number of hydrogen-bond donors (Lipinski definition) is 2. The molecule has 4 nitrogen and oxygen atoms in total. The lowest BCUT2D eigenvalue weighted by Crippen LogP contribution is -2.18. The van der Waals surface area contributed by atoms with E-state index in [-0.39, 0.29) is 0 Å². The van der Waals surface area contributed by atoms with Gasteiger partial charge in [0.2, 0.25) is 0 Å². The van der Waals surface area contributed by atoms with Crippen LogP contribution in [0.2, 0.25) is 0 Å². The Labute approximate surface area is 100 Å². The summed E-state index contributed by atoms with van der Waals surface area (Å²) in [5.74, 6) is 2.20. The molecule has 1 saturated carbocycles. The molecule has 0 radical (unpaired) electrons. The maximum Gasteiger partial charge on any atom is 0.132 e. The maximum atomic E-state index is 5.73. The second kappa shape index (κ2) is 4.49. The molecule has 1 fully saturated rings. The van der Waals surface area contributed by atoms with Gasteiger partial charge in [-0.1, -0.05) is 6.92 Å². The number of nitrogens with one attached hydrogen (secondary N) is 1. The SMILES string of the molecule is CCc1nc(N)cc(NCC2(SC)CC2)n1.